The predicted molar refractivity (Wildman–Crippen MR) is 71.8 cm³/mol. The van der Waals surface area contributed by atoms with Crippen LogP contribution in [0, 0.1) is 0 Å². The van der Waals surface area contributed by atoms with Crippen LogP contribution < -0.4 is 5.32 Å². The monoisotopic (exact) mass is 248 g/mol. The summed E-state index contributed by atoms with van der Waals surface area (Å²) in [5.74, 6) is 0.715. The van der Waals surface area contributed by atoms with Crippen molar-refractivity contribution in [3.8, 4) is 0 Å². The van der Waals surface area contributed by atoms with Gasteiger partial charge in [-0.1, -0.05) is 0 Å². The molecule has 0 radical (unpaired) electrons. The van der Waals surface area contributed by atoms with Gasteiger partial charge in [-0.05, 0) is 32.6 Å². The number of nitrogens with zero attached hydrogens (tertiary/aromatic N) is 3. The van der Waals surface area contributed by atoms with Crippen molar-refractivity contribution in [2.75, 3.05) is 39.5 Å². The van der Waals surface area contributed by atoms with E-state index in [1.165, 1.54) is 0 Å². The smallest absolute Gasteiger partial charge is 0.257 e. The van der Waals surface area contributed by atoms with Gasteiger partial charge in [0.15, 0.2) is 0 Å². The van der Waals surface area contributed by atoms with Gasteiger partial charge in [0.1, 0.15) is 5.82 Å². The number of amides is 1. The molecule has 1 N–H and O–H groups in total. The molecule has 0 saturated carbocycles. The maximum atomic E-state index is 12.4. The fourth-order valence-corrected chi connectivity index (χ4v) is 2.30. The highest BCUT2D eigenvalue weighted by Gasteiger charge is 2.29. The zero-order valence-electron chi connectivity index (χ0n) is 11.2. The third kappa shape index (κ3) is 2.46. The molecule has 2 heterocycles. The molecule has 5 heteroatoms. The second-order valence-electron chi connectivity index (χ2n) is 4.81. The van der Waals surface area contributed by atoms with Crippen LogP contribution in [0.4, 0.5) is 5.82 Å². The molecule has 98 valence electrons. The predicted octanol–water partition coefficient (Wildman–Crippen LogP) is 0.899. The lowest BCUT2D eigenvalue weighted by Gasteiger charge is -2.21. The lowest BCUT2D eigenvalue weighted by Crippen LogP contribution is -2.34. The maximum Gasteiger partial charge on any atom is 0.257 e. The van der Waals surface area contributed by atoms with Gasteiger partial charge in [0.05, 0.1) is 5.56 Å². The average Bonchev–Trinajstić information content (AvgIpc) is 2.87. The molecule has 1 unspecified atom stereocenters. The van der Waals surface area contributed by atoms with Gasteiger partial charge in [0.25, 0.3) is 5.91 Å². The second kappa shape index (κ2) is 5.35. The van der Waals surface area contributed by atoms with E-state index in [1.807, 2.05) is 11.0 Å². The third-order valence-electron chi connectivity index (χ3n) is 3.46. The Kier molecular flexibility index (Phi) is 3.81. The van der Waals surface area contributed by atoms with Crippen molar-refractivity contribution in [3.63, 3.8) is 0 Å². The second-order valence-corrected chi connectivity index (χ2v) is 4.81. The van der Waals surface area contributed by atoms with Gasteiger partial charge in [-0.25, -0.2) is 4.98 Å². The number of pyridine rings is 1. The summed E-state index contributed by atoms with van der Waals surface area (Å²) in [7, 11) is 5.90. The van der Waals surface area contributed by atoms with Gasteiger partial charge in [-0.15, -0.1) is 0 Å². The van der Waals surface area contributed by atoms with E-state index < -0.39 is 0 Å². The maximum absolute atomic E-state index is 12.4. The Hall–Kier alpha value is -1.62. The molecule has 5 nitrogen and oxygen atoms in total. The highest BCUT2D eigenvalue weighted by Crippen LogP contribution is 2.19. The van der Waals surface area contributed by atoms with E-state index in [1.54, 1.807) is 19.3 Å². The number of carbonyl (C=O) groups is 1. The molecule has 2 rings (SSSR count). The Labute approximate surface area is 108 Å². The van der Waals surface area contributed by atoms with Crippen molar-refractivity contribution in [1.82, 2.24) is 14.8 Å². The lowest BCUT2D eigenvalue weighted by atomic mass is 10.2. The molecule has 1 aromatic rings. The molecule has 0 aliphatic carbocycles. The van der Waals surface area contributed by atoms with Crippen LogP contribution in [0.2, 0.25) is 0 Å². The van der Waals surface area contributed by atoms with Gasteiger partial charge >= 0.3 is 0 Å². The van der Waals surface area contributed by atoms with Crippen LogP contribution in [0.25, 0.3) is 0 Å². The van der Waals surface area contributed by atoms with Crippen molar-refractivity contribution in [3.05, 3.63) is 23.9 Å². The SMILES string of the molecule is CNc1ncccc1C(=O)N1CCC(N(C)C)C1. The highest BCUT2D eigenvalue weighted by molar-refractivity contribution is 5.98. The Bertz CT molecular complexity index is 433. The first kappa shape index (κ1) is 12.8. The Morgan fingerprint density at radius 1 is 1.56 bits per heavy atom. The van der Waals surface area contributed by atoms with E-state index in [0.29, 0.717) is 17.4 Å². The van der Waals surface area contributed by atoms with Gasteiger partial charge in [0.2, 0.25) is 0 Å². The van der Waals surface area contributed by atoms with Crippen LogP contribution in [0.1, 0.15) is 16.8 Å². The minimum atomic E-state index is 0.0665. The van der Waals surface area contributed by atoms with Crippen molar-refractivity contribution >= 4 is 11.7 Å². The van der Waals surface area contributed by atoms with Gasteiger partial charge < -0.3 is 15.1 Å². The number of likely N-dealkylation sites (tertiary alicyclic amines) is 1. The summed E-state index contributed by atoms with van der Waals surface area (Å²) in [6.07, 6.45) is 2.73. The van der Waals surface area contributed by atoms with Crippen molar-refractivity contribution in [2.45, 2.75) is 12.5 Å². The topological polar surface area (TPSA) is 48.5 Å². The molecular formula is C13H20N4O. The fraction of sp³-hybridized carbons (Fsp3) is 0.538. The van der Waals surface area contributed by atoms with Crippen LogP contribution in [0.3, 0.4) is 0 Å². The van der Waals surface area contributed by atoms with Crippen LogP contribution >= 0.6 is 0 Å². The lowest BCUT2D eigenvalue weighted by molar-refractivity contribution is 0.0783. The Morgan fingerprint density at radius 2 is 2.33 bits per heavy atom. The summed E-state index contributed by atoms with van der Waals surface area (Å²) in [4.78, 5) is 20.7. The zero-order valence-corrected chi connectivity index (χ0v) is 11.2. The first-order valence-corrected chi connectivity index (χ1v) is 6.22. The van der Waals surface area contributed by atoms with Gasteiger partial charge in [0, 0.05) is 32.4 Å². The van der Waals surface area contributed by atoms with E-state index in [2.05, 4.69) is 29.3 Å². The van der Waals surface area contributed by atoms with Crippen LogP contribution in [-0.2, 0) is 0 Å². The molecule has 1 aliphatic rings. The normalized spacial score (nSPS) is 19.3. The van der Waals surface area contributed by atoms with Gasteiger partial charge in [-0.3, -0.25) is 4.79 Å². The molecule has 0 bridgehead atoms. The highest BCUT2D eigenvalue weighted by atomic mass is 16.2. The summed E-state index contributed by atoms with van der Waals surface area (Å²) in [5, 5.41) is 2.96. The summed E-state index contributed by atoms with van der Waals surface area (Å²) < 4.78 is 0. The molecule has 0 aromatic carbocycles. The van der Waals surface area contributed by atoms with Crippen molar-refractivity contribution < 1.29 is 4.79 Å². The van der Waals surface area contributed by atoms with E-state index in [0.717, 1.165) is 19.5 Å². The molecule has 1 fully saturated rings. The summed E-state index contributed by atoms with van der Waals surface area (Å²) in [6, 6.07) is 4.08. The standard InChI is InChI=1S/C13H20N4O/c1-14-12-11(5-4-7-15-12)13(18)17-8-6-10(9-17)16(2)3/h4-5,7,10H,6,8-9H2,1-3H3,(H,14,15). The minimum absolute atomic E-state index is 0.0665. The molecule has 1 aromatic heterocycles. The molecule has 1 saturated heterocycles. The molecule has 18 heavy (non-hydrogen) atoms. The summed E-state index contributed by atoms with van der Waals surface area (Å²) in [6.45, 7) is 1.61. The quantitative estimate of drug-likeness (QED) is 0.863. The molecule has 1 amide bonds. The number of likely N-dealkylation sites (N-methyl/N-ethyl adjacent to an activating group) is 1. The first-order valence-electron chi connectivity index (χ1n) is 6.22. The van der Waals surface area contributed by atoms with E-state index in [4.69, 9.17) is 0 Å². The van der Waals surface area contributed by atoms with E-state index in [-0.39, 0.29) is 5.91 Å². The number of rotatable bonds is 3. The largest absolute Gasteiger partial charge is 0.372 e. The zero-order chi connectivity index (χ0) is 13.1. The Balaban J connectivity index is 2.13. The molecule has 1 aliphatic heterocycles. The minimum Gasteiger partial charge on any atom is -0.372 e. The number of hydrogen-bond acceptors (Lipinski definition) is 4. The number of anilines is 1. The Morgan fingerprint density at radius 3 is 2.94 bits per heavy atom. The molecular weight excluding hydrogens is 228 g/mol. The number of nitrogens with one attached hydrogen (secondary N) is 1. The third-order valence-corrected chi connectivity index (χ3v) is 3.46. The summed E-state index contributed by atoms with van der Waals surface area (Å²) >= 11 is 0. The molecule has 1 atom stereocenters. The van der Waals surface area contributed by atoms with Crippen LogP contribution in [0.15, 0.2) is 18.3 Å². The molecule has 0 spiro atoms. The summed E-state index contributed by atoms with van der Waals surface area (Å²) in [5.41, 5.74) is 0.652. The first-order chi connectivity index (χ1) is 8.63. The van der Waals surface area contributed by atoms with E-state index in [9.17, 15) is 4.79 Å². The van der Waals surface area contributed by atoms with E-state index >= 15 is 0 Å². The van der Waals surface area contributed by atoms with Crippen LogP contribution in [0.5, 0.6) is 0 Å². The number of hydrogen-bond donors (Lipinski definition) is 1. The average molecular weight is 248 g/mol. The van der Waals surface area contributed by atoms with Crippen molar-refractivity contribution in [2.24, 2.45) is 0 Å². The van der Waals surface area contributed by atoms with Crippen LogP contribution in [-0.4, -0.2) is 61.0 Å². The number of carbonyl (C=O) groups excluding carboxylic acids is 1. The fourth-order valence-electron chi connectivity index (χ4n) is 2.30. The van der Waals surface area contributed by atoms with Gasteiger partial charge in [-0.2, -0.15) is 0 Å². The number of aromatic nitrogens is 1. The van der Waals surface area contributed by atoms with Crippen molar-refractivity contribution in [1.29, 1.82) is 0 Å².